The zero-order valence-electron chi connectivity index (χ0n) is 49.8. The number of nitrogens with zero attached hydrogens (tertiary/aromatic N) is 4. The van der Waals surface area contributed by atoms with Crippen LogP contribution in [0.25, 0.3) is 0 Å². The number of guanidine groups is 4. The van der Waals surface area contributed by atoms with Crippen molar-refractivity contribution in [1.29, 1.82) is 0 Å². The van der Waals surface area contributed by atoms with Gasteiger partial charge in [0.05, 0.1) is 37.5 Å². The summed E-state index contributed by atoms with van der Waals surface area (Å²) in [5.41, 5.74) is 38.8. The molecule has 50 nitrogen and oxygen atoms in total. The van der Waals surface area contributed by atoms with E-state index >= 15 is 0 Å². The molecule has 0 aromatic carbocycles. The molecule has 0 radical (unpaired) electrons. The van der Waals surface area contributed by atoms with Gasteiger partial charge in [-0.3, -0.25) is 36.9 Å². The summed E-state index contributed by atoms with van der Waals surface area (Å²) in [5, 5.41) is 153. The minimum absolute atomic E-state index is 0.140. The lowest BCUT2D eigenvalue weighted by atomic mass is 9.81. The molecule has 6 rings (SSSR count). The quantitative estimate of drug-likeness (QED) is 0.0262. The zero-order valence-corrected chi connectivity index (χ0v) is 52.3. The minimum Gasteiger partial charge on any atom is -0.394 e. The van der Waals surface area contributed by atoms with Crippen molar-refractivity contribution < 1.29 is 172 Å². The second kappa shape index (κ2) is 35.7. The number of aldehydes is 2. The SMILES string of the molecule is CN[C@@H]1[C@H](O[C@@H]2C(O[C@H]3[C@H](O)[C@@H](O)[C@H](N=C(N)N)[C@@H](O)[C@@H]3N=C(N)N)O[C@@H](C)[C@]2(O)C=O)O[C@@H](CO)[C@H](O)[C@H]1O.CN[C@@H]1[C@H](O[C@@H]2C(O[C@H]3[C@H](O)[C@@H](O)[C@H](N=C(N)N)[C@@H](O)[C@@H]3N=C(N)N)O[C@@H](C)[C@]2(O)C=O)O[C@@H](CO)[C@H](O)[C@H]1O.O=S(=O)(O)O.O=S(=O)(O)O.O=S(=O)(O)O. The maximum Gasteiger partial charge on any atom is 0.394 e. The van der Waals surface area contributed by atoms with Gasteiger partial charge in [0.15, 0.2) is 72.8 Å². The van der Waals surface area contributed by atoms with E-state index in [-0.39, 0.29) is 12.6 Å². The molecule has 53 heteroatoms. The van der Waals surface area contributed by atoms with Crippen molar-refractivity contribution in [3.63, 3.8) is 0 Å². The van der Waals surface area contributed by atoms with E-state index in [1.165, 1.54) is 27.9 Å². The summed E-state index contributed by atoms with van der Waals surface area (Å²) in [4.78, 5) is 39.4. The molecule has 6 aliphatic rings. The van der Waals surface area contributed by atoms with Crippen molar-refractivity contribution in [2.45, 2.75) is 196 Å². The van der Waals surface area contributed by atoms with Gasteiger partial charge in [-0.2, -0.15) is 25.3 Å². The number of carbonyl (C=O) groups is 2. The zero-order chi connectivity index (χ0) is 73.7. The number of hydrogen-bond donors (Lipinski definition) is 30. The van der Waals surface area contributed by atoms with Crippen molar-refractivity contribution in [1.82, 2.24) is 10.6 Å². The number of hydrogen-bond acceptors (Lipinski definition) is 36. The van der Waals surface area contributed by atoms with E-state index in [2.05, 4.69) is 30.6 Å². The van der Waals surface area contributed by atoms with Gasteiger partial charge in [-0.15, -0.1) is 0 Å². The summed E-state index contributed by atoms with van der Waals surface area (Å²) >= 11 is 0. The normalized spacial score (nSPS) is 41.8. The van der Waals surface area contributed by atoms with Gasteiger partial charge in [0.1, 0.15) is 122 Å². The highest BCUT2D eigenvalue weighted by molar-refractivity contribution is 7.80. The fraction of sp³-hybridized carbons (Fsp3) is 0.857. The van der Waals surface area contributed by atoms with Gasteiger partial charge in [-0.05, 0) is 27.9 Å². The van der Waals surface area contributed by atoms with Gasteiger partial charge < -0.3 is 166 Å². The number of carbonyl (C=O) groups excluding carboxylic acids is 2. The van der Waals surface area contributed by atoms with Gasteiger partial charge >= 0.3 is 31.2 Å². The monoisotopic (exact) mass is 1460 g/mol. The predicted molar refractivity (Wildman–Crippen MR) is 308 cm³/mol. The first-order chi connectivity index (χ1) is 43.4. The van der Waals surface area contributed by atoms with Crippen LogP contribution in [-0.4, -0.2) is 370 Å². The molecule has 0 aromatic rings. The van der Waals surface area contributed by atoms with Gasteiger partial charge in [0.2, 0.25) is 0 Å². The van der Waals surface area contributed by atoms with Crippen LogP contribution in [0.4, 0.5) is 0 Å². The Morgan fingerprint density at radius 3 is 0.895 bits per heavy atom. The van der Waals surface area contributed by atoms with Crippen molar-refractivity contribution in [2.75, 3.05) is 27.3 Å². The molecule has 38 N–H and O–H groups in total. The second-order valence-electron chi connectivity index (χ2n) is 21.1. The number of ether oxygens (including phenoxy) is 8. The predicted octanol–water partition coefficient (Wildman–Crippen LogP) is -18.3. The molecule has 0 aromatic heterocycles. The van der Waals surface area contributed by atoms with Crippen molar-refractivity contribution in [3.8, 4) is 0 Å². The van der Waals surface area contributed by atoms with Crippen molar-refractivity contribution >= 4 is 67.6 Å². The molecule has 2 aliphatic carbocycles. The number of rotatable bonds is 18. The fourth-order valence-electron chi connectivity index (χ4n) is 10.2. The Bertz CT molecular complexity index is 2680. The van der Waals surface area contributed by atoms with Gasteiger partial charge in [-0.25, -0.2) is 20.0 Å². The molecule has 4 saturated heterocycles. The van der Waals surface area contributed by atoms with Crippen LogP contribution in [0.15, 0.2) is 20.0 Å². The molecule has 30 atom stereocenters. The molecule has 95 heavy (non-hydrogen) atoms. The lowest BCUT2D eigenvalue weighted by molar-refractivity contribution is -0.314. The topological polar surface area (TPSA) is 897 Å². The van der Waals surface area contributed by atoms with Gasteiger partial charge in [-0.1, -0.05) is 0 Å². The van der Waals surface area contributed by atoms with Crippen LogP contribution in [0.1, 0.15) is 13.8 Å². The van der Waals surface area contributed by atoms with E-state index in [4.69, 9.17) is 136 Å². The smallest absolute Gasteiger partial charge is 0.394 e. The van der Waals surface area contributed by atoms with Crippen molar-refractivity contribution in [3.05, 3.63) is 0 Å². The Hall–Kier alpha value is -4.93. The number of aliphatic hydroxyl groups is 14. The first kappa shape index (κ1) is 86.2. The Balaban J connectivity index is 0.000000531. The van der Waals surface area contributed by atoms with E-state index in [0.29, 0.717) is 0 Å². The maximum absolute atomic E-state index is 12.1. The van der Waals surface area contributed by atoms with Crippen LogP contribution in [-0.2, 0) is 78.7 Å². The van der Waals surface area contributed by atoms with E-state index in [0.717, 1.165) is 0 Å². The maximum atomic E-state index is 12.1. The summed E-state index contributed by atoms with van der Waals surface area (Å²) in [6.45, 7) is 1.24. The Kier molecular flexibility index (Phi) is 32.4. The lowest BCUT2D eigenvalue weighted by Gasteiger charge is -2.45. The molecule has 556 valence electrons. The molecular formula is C42H84N14O36S3. The average Bonchev–Trinajstić information content (AvgIpc) is 1.68. The van der Waals surface area contributed by atoms with Crippen LogP contribution < -0.4 is 56.5 Å². The minimum atomic E-state index is -4.67. The Morgan fingerprint density at radius 1 is 0.421 bits per heavy atom. The fourth-order valence-corrected chi connectivity index (χ4v) is 10.2. The summed E-state index contributed by atoms with van der Waals surface area (Å²) < 4.78 is 141. The van der Waals surface area contributed by atoms with Crippen LogP contribution in [0.5, 0.6) is 0 Å². The van der Waals surface area contributed by atoms with Crippen LogP contribution in [0.3, 0.4) is 0 Å². The lowest BCUT2D eigenvalue weighted by Crippen LogP contribution is -2.66. The van der Waals surface area contributed by atoms with E-state index in [9.17, 15) is 81.1 Å². The molecule has 2 unspecified atom stereocenters. The molecule has 2 saturated carbocycles. The third-order valence-corrected chi connectivity index (χ3v) is 14.7. The van der Waals surface area contributed by atoms with E-state index in [1.807, 2.05) is 0 Å². The first-order valence-electron chi connectivity index (χ1n) is 26.9. The molecular weight excluding hydrogens is 1370 g/mol. The highest BCUT2D eigenvalue weighted by atomic mass is 32.3. The standard InChI is InChI=1S/2C21H39N7O12.3H2O4S/c2*1-5-21(36,4-30)16(40-17-9(26-2)13(34)10(31)6(3-29)38-17)18(37-5)39-15-8(28-20(24)25)11(32)7(27-19(22)23)12(33)14(15)35;3*1-5(2,3)4/h2*4-18,26,29,31-36H,3H2,1-2H3,(H4,22,23,27)(H4,24,25,28);3*(H2,1,2,3,4)/t2*5-,6-,7+,8-,9-,10-,11+,12-,13-,14+,15+,16+,17-,18?,21+;;;/m00.../s1. The second-order valence-corrected chi connectivity index (χ2v) is 23.8. The summed E-state index contributed by atoms with van der Waals surface area (Å²) in [7, 11) is -11.2. The highest BCUT2D eigenvalue weighted by Gasteiger charge is 2.63. The van der Waals surface area contributed by atoms with E-state index in [1.54, 1.807) is 0 Å². The Labute approximate surface area is 537 Å². The highest BCUT2D eigenvalue weighted by Crippen LogP contribution is 2.41. The molecule has 6 fully saturated rings. The molecule has 0 bridgehead atoms. The average molecular weight is 1460 g/mol. The largest absolute Gasteiger partial charge is 0.394 e. The van der Waals surface area contributed by atoms with Crippen LogP contribution in [0, 0.1) is 0 Å². The van der Waals surface area contributed by atoms with Crippen LogP contribution >= 0.6 is 0 Å². The number of aliphatic imine (C=N–C) groups is 4. The van der Waals surface area contributed by atoms with Gasteiger partial charge in [0, 0.05) is 0 Å². The molecule has 0 amide bonds. The third kappa shape index (κ3) is 23.6. The summed E-state index contributed by atoms with van der Waals surface area (Å²) in [6, 6.07) is -8.16. The number of nitrogens with one attached hydrogen (secondary N) is 2. The van der Waals surface area contributed by atoms with E-state index < -0.39 is 251 Å². The first-order valence-corrected chi connectivity index (χ1v) is 31.0. The molecule has 4 heterocycles. The number of nitrogens with two attached hydrogens (primary N) is 8. The van der Waals surface area contributed by atoms with Gasteiger partial charge in [0.25, 0.3) is 0 Å². The molecule has 0 spiro atoms. The third-order valence-electron chi connectivity index (χ3n) is 14.7. The number of aliphatic hydroxyl groups excluding tert-OH is 12. The molecule has 4 aliphatic heterocycles. The van der Waals surface area contributed by atoms with Crippen molar-refractivity contribution in [2.24, 2.45) is 65.8 Å². The van der Waals surface area contributed by atoms with Crippen LogP contribution in [0.2, 0.25) is 0 Å². The number of likely N-dealkylation sites (N-methyl/N-ethyl adjacent to an activating group) is 2. The summed E-state index contributed by atoms with van der Waals surface area (Å²) in [6.07, 6.45) is -34.6. The Morgan fingerprint density at radius 2 is 0.674 bits per heavy atom. The summed E-state index contributed by atoms with van der Waals surface area (Å²) in [5.74, 6) is -2.07.